The van der Waals surface area contributed by atoms with Crippen molar-refractivity contribution in [2.45, 2.75) is 30.0 Å². The number of sulfonamides is 1. The Bertz CT molecular complexity index is 1610. The molecular weight excluding hydrogens is 574 g/mol. The van der Waals surface area contributed by atoms with E-state index in [2.05, 4.69) is 15.5 Å². The van der Waals surface area contributed by atoms with Gasteiger partial charge in [0.2, 0.25) is 0 Å². The number of halogens is 3. The first-order valence-corrected chi connectivity index (χ1v) is 14.5. The third-order valence-corrected chi connectivity index (χ3v) is 9.58. The van der Waals surface area contributed by atoms with Gasteiger partial charge < -0.3 is 5.32 Å². The molecule has 38 heavy (non-hydrogen) atoms. The Morgan fingerprint density at radius 1 is 1.13 bits per heavy atom. The van der Waals surface area contributed by atoms with Crippen LogP contribution in [0.25, 0.3) is 11.3 Å². The molecule has 3 heterocycles. The maximum Gasteiger partial charge on any atom is 0.329 e. The molecule has 2 amide bonds. The summed E-state index contributed by atoms with van der Waals surface area (Å²) in [5, 5.41) is 11.2. The zero-order valence-corrected chi connectivity index (χ0v) is 22.8. The maximum absolute atomic E-state index is 15.4. The minimum Gasteiger partial charge on any atom is -0.331 e. The summed E-state index contributed by atoms with van der Waals surface area (Å²) in [5.41, 5.74) is 3.82. The van der Waals surface area contributed by atoms with Crippen LogP contribution in [0.2, 0.25) is 9.36 Å². The van der Waals surface area contributed by atoms with Crippen LogP contribution < -0.4 is 10.0 Å². The largest absolute Gasteiger partial charge is 0.331 e. The minimum absolute atomic E-state index is 0.0605. The van der Waals surface area contributed by atoms with Crippen molar-refractivity contribution in [1.29, 1.82) is 0 Å². The van der Waals surface area contributed by atoms with Gasteiger partial charge in [-0.3, -0.25) is 4.68 Å². The Kier molecular flexibility index (Phi) is 7.57. The molecule has 14 heteroatoms. The highest BCUT2D eigenvalue weighted by molar-refractivity contribution is 7.92. The number of thiophene rings is 1. The van der Waals surface area contributed by atoms with Crippen molar-refractivity contribution in [3.8, 4) is 5.69 Å². The number of carbonyl (C=O) groups is 1. The topological polar surface area (TPSA) is 111 Å². The summed E-state index contributed by atoms with van der Waals surface area (Å²) in [6, 6.07) is 9.75. The van der Waals surface area contributed by atoms with Gasteiger partial charge in [-0.2, -0.15) is 10.2 Å². The molecule has 0 fully saturated rings. The lowest BCUT2D eigenvalue weighted by Gasteiger charge is -2.19. The molecule has 198 valence electrons. The number of nitrogens with one attached hydrogen (secondary N) is 2. The summed E-state index contributed by atoms with van der Waals surface area (Å²) in [5.74, 6) is -0.567. The van der Waals surface area contributed by atoms with Gasteiger partial charge in [-0.15, -0.1) is 11.3 Å². The van der Waals surface area contributed by atoms with Gasteiger partial charge in [-0.25, -0.2) is 27.0 Å². The van der Waals surface area contributed by atoms with Gasteiger partial charge in [-0.1, -0.05) is 41.4 Å². The van der Waals surface area contributed by atoms with Crippen LogP contribution in [-0.4, -0.2) is 40.6 Å². The van der Waals surface area contributed by atoms with Crippen LogP contribution in [0.4, 0.5) is 9.18 Å². The van der Waals surface area contributed by atoms with E-state index in [4.69, 9.17) is 23.2 Å². The van der Waals surface area contributed by atoms with Crippen molar-refractivity contribution in [2.75, 3.05) is 6.54 Å². The highest BCUT2D eigenvalue weighted by Crippen LogP contribution is 2.35. The smallest absolute Gasteiger partial charge is 0.329 e. The van der Waals surface area contributed by atoms with E-state index in [0.717, 1.165) is 35.7 Å². The first kappa shape index (κ1) is 26.4. The molecule has 0 radical (unpaired) electrons. The fourth-order valence-electron chi connectivity index (χ4n) is 4.18. The van der Waals surface area contributed by atoms with E-state index >= 15 is 4.39 Å². The molecule has 0 bridgehead atoms. The van der Waals surface area contributed by atoms with E-state index in [1.54, 1.807) is 21.8 Å². The lowest BCUT2D eigenvalue weighted by Crippen LogP contribution is -2.39. The van der Waals surface area contributed by atoms with Gasteiger partial charge in [0, 0.05) is 17.3 Å². The lowest BCUT2D eigenvalue weighted by molar-refractivity contribution is 0.246. The molecule has 9 nitrogen and oxygen atoms in total. The van der Waals surface area contributed by atoms with Crippen molar-refractivity contribution in [3.63, 3.8) is 0 Å². The Morgan fingerprint density at radius 2 is 1.92 bits per heavy atom. The molecular formula is C24H21Cl2FN6O3S2. The second-order valence-corrected chi connectivity index (χ2v) is 12.5. The van der Waals surface area contributed by atoms with Crippen LogP contribution in [-0.2, 0) is 23.0 Å². The van der Waals surface area contributed by atoms with Crippen molar-refractivity contribution in [1.82, 2.24) is 29.6 Å². The average molecular weight is 596 g/mol. The second-order valence-electron chi connectivity index (χ2n) is 8.52. The van der Waals surface area contributed by atoms with E-state index < -0.39 is 28.4 Å². The number of nitrogens with zero attached hydrogens (tertiary/aromatic N) is 4. The minimum atomic E-state index is -4.21. The molecule has 5 rings (SSSR count). The number of fused-ring (bicyclic) bond motifs is 1. The number of rotatable bonds is 7. The fraction of sp³-hybridized carbons (Fsp3) is 0.208. The van der Waals surface area contributed by atoms with Gasteiger partial charge >= 0.3 is 6.03 Å². The SMILES string of the molecule is O=C(NCC(F)=C1CCCc2cnn(Cc3cnn(-c4ccccc4)c3)c21)NS(=O)(=O)c1cc(Cl)c(Cl)s1. The number of benzene rings is 1. The second kappa shape index (κ2) is 10.9. The number of aryl methyl sites for hydroxylation is 1. The van der Waals surface area contributed by atoms with Crippen molar-refractivity contribution in [3.05, 3.63) is 87.0 Å². The van der Waals surface area contributed by atoms with Gasteiger partial charge in [0.1, 0.15) is 14.4 Å². The highest BCUT2D eigenvalue weighted by atomic mass is 35.5. The molecule has 0 unspecified atom stereocenters. The van der Waals surface area contributed by atoms with Crippen molar-refractivity contribution >= 4 is 56.2 Å². The third kappa shape index (κ3) is 5.63. The van der Waals surface area contributed by atoms with Crippen LogP contribution in [0.15, 0.2) is 65.0 Å². The van der Waals surface area contributed by atoms with E-state index in [9.17, 15) is 13.2 Å². The number of hydrogen-bond donors (Lipinski definition) is 2. The standard InChI is InChI=1S/C24H21Cl2FN6O3S2/c25-19-9-21(37-23(19)26)38(35,36)31-24(34)28-12-20(27)18-8-4-5-16-11-30-33(22(16)18)14-15-10-29-32(13-15)17-6-2-1-3-7-17/h1-3,6-7,9-11,13H,4-5,8,12,14H2,(H2,28,31,34). The molecule has 3 aromatic heterocycles. The van der Waals surface area contributed by atoms with Crippen LogP contribution in [0.1, 0.15) is 29.7 Å². The van der Waals surface area contributed by atoms with E-state index in [0.29, 0.717) is 35.6 Å². The summed E-state index contributed by atoms with van der Waals surface area (Å²) in [6.45, 7) is -0.101. The molecule has 2 N–H and O–H groups in total. The van der Waals surface area contributed by atoms with Gasteiger partial charge in [0.05, 0.1) is 41.9 Å². The van der Waals surface area contributed by atoms with Gasteiger partial charge in [0.15, 0.2) is 0 Å². The molecule has 1 aliphatic carbocycles. The Hall–Kier alpha value is -3.19. The molecule has 1 aromatic carbocycles. The summed E-state index contributed by atoms with van der Waals surface area (Å²) < 4.78 is 45.3. The summed E-state index contributed by atoms with van der Waals surface area (Å²) in [7, 11) is -4.21. The molecule has 0 atom stereocenters. The van der Waals surface area contributed by atoms with E-state index in [1.807, 2.05) is 41.3 Å². The molecule has 0 saturated heterocycles. The number of aromatic nitrogens is 4. The van der Waals surface area contributed by atoms with E-state index in [1.165, 1.54) is 0 Å². The quantitative estimate of drug-likeness (QED) is 0.306. The molecule has 4 aromatic rings. The van der Waals surface area contributed by atoms with Crippen LogP contribution in [0, 0.1) is 0 Å². The van der Waals surface area contributed by atoms with Gasteiger partial charge in [-0.05, 0) is 43.0 Å². The third-order valence-electron chi connectivity index (χ3n) is 5.91. The zero-order chi connectivity index (χ0) is 26.9. The number of urea groups is 1. The highest BCUT2D eigenvalue weighted by Gasteiger charge is 2.25. The summed E-state index contributed by atoms with van der Waals surface area (Å²) >= 11 is 12.3. The Labute approximate surface area is 231 Å². The maximum atomic E-state index is 15.4. The Balaban J connectivity index is 1.30. The van der Waals surface area contributed by atoms with Crippen molar-refractivity contribution < 1.29 is 17.6 Å². The predicted octanol–water partition coefficient (Wildman–Crippen LogP) is 5.19. The molecule has 0 saturated carbocycles. The van der Waals surface area contributed by atoms with Crippen LogP contribution >= 0.6 is 34.5 Å². The predicted molar refractivity (Wildman–Crippen MR) is 144 cm³/mol. The van der Waals surface area contributed by atoms with Gasteiger partial charge in [0.25, 0.3) is 10.0 Å². The molecule has 0 aliphatic heterocycles. The fourth-order valence-corrected chi connectivity index (χ4v) is 6.99. The normalized spacial score (nSPS) is 14.7. The lowest BCUT2D eigenvalue weighted by atomic mass is 9.92. The van der Waals surface area contributed by atoms with E-state index in [-0.39, 0.29) is 13.6 Å². The number of amides is 2. The number of para-hydroxylation sites is 1. The number of allylic oxidation sites excluding steroid dienone is 1. The number of carbonyl (C=O) groups excluding carboxylic acids is 1. The summed E-state index contributed by atoms with van der Waals surface area (Å²) in [4.78, 5) is 12.3. The van der Waals surface area contributed by atoms with Crippen molar-refractivity contribution in [2.24, 2.45) is 0 Å². The zero-order valence-electron chi connectivity index (χ0n) is 19.7. The van der Waals surface area contributed by atoms with Crippen LogP contribution in [0.3, 0.4) is 0 Å². The number of hydrogen-bond acceptors (Lipinski definition) is 6. The monoisotopic (exact) mass is 594 g/mol. The Morgan fingerprint density at radius 3 is 2.66 bits per heavy atom. The molecule has 1 aliphatic rings. The first-order valence-electron chi connectivity index (χ1n) is 11.5. The average Bonchev–Trinajstić information content (AvgIpc) is 3.63. The summed E-state index contributed by atoms with van der Waals surface area (Å²) in [6.07, 6.45) is 7.31. The first-order chi connectivity index (χ1) is 18.2. The van der Waals surface area contributed by atoms with Crippen LogP contribution in [0.5, 0.6) is 0 Å². The molecule has 0 spiro atoms.